The standard InChI is InChI=1S/C21H25FN11O11PS/c1-39-13-8-3-40-45(35,36)43-12-7(41-19(9(12)22)32-5-27-10-15(23)25-4-26-16(10)32)2-29-46(37,38)44-14(13)20(42-8)33-6-28-11-17(33)30-21(24)31-18(11)34/h4-9,12-14,19-20,29H,2-3H2,1H3,(H,35,36)(H2,23,25,26)(H3,24,30,31,34). The first-order valence-corrected chi connectivity index (χ1v) is 16.2. The maximum absolute atomic E-state index is 16.0. The van der Waals surface area contributed by atoms with Gasteiger partial charge in [0.05, 0.1) is 19.3 Å². The highest BCUT2D eigenvalue weighted by atomic mass is 32.2. The molecule has 3 fully saturated rings. The zero-order chi connectivity index (χ0) is 32.5. The highest BCUT2D eigenvalue weighted by molar-refractivity contribution is 7.84. The van der Waals surface area contributed by atoms with Crippen molar-refractivity contribution in [2.75, 3.05) is 31.7 Å². The Morgan fingerprint density at radius 3 is 2.54 bits per heavy atom. The molecule has 2 bridgehead atoms. The highest BCUT2D eigenvalue weighted by Crippen LogP contribution is 2.50. The number of H-pyrrole nitrogens is 1. The lowest BCUT2D eigenvalue weighted by Crippen LogP contribution is -2.44. The summed E-state index contributed by atoms with van der Waals surface area (Å²) in [5.74, 6) is -0.253. The van der Waals surface area contributed by atoms with E-state index in [0.717, 1.165) is 17.2 Å². The third kappa shape index (κ3) is 5.30. The van der Waals surface area contributed by atoms with Crippen molar-refractivity contribution in [3.05, 3.63) is 29.3 Å². The number of hydrogen-bond donors (Lipinski definition) is 5. The minimum absolute atomic E-state index is 0.00777. The molecule has 9 atom stereocenters. The van der Waals surface area contributed by atoms with Crippen molar-refractivity contribution in [3.8, 4) is 0 Å². The summed E-state index contributed by atoms with van der Waals surface area (Å²) >= 11 is 0. The molecule has 248 valence electrons. The van der Waals surface area contributed by atoms with Crippen molar-refractivity contribution in [3.63, 3.8) is 0 Å². The Bertz CT molecular complexity index is 2030. The fraction of sp³-hybridized carbons (Fsp3) is 0.524. The summed E-state index contributed by atoms with van der Waals surface area (Å²) in [5.41, 5.74) is 10.8. The molecule has 22 nitrogen and oxygen atoms in total. The number of nitrogens with zero attached hydrogens (tertiary/aromatic N) is 7. The topological polar surface area (TPSA) is 298 Å². The van der Waals surface area contributed by atoms with Crippen LogP contribution >= 0.6 is 7.82 Å². The van der Waals surface area contributed by atoms with Crippen LogP contribution in [0.4, 0.5) is 16.2 Å². The Hall–Kier alpha value is -3.71. The monoisotopic (exact) mass is 689 g/mol. The minimum atomic E-state index is -5.09. The van der Waals surface area contributed by atoms with Gasteiger partial charge in [-0.2, -0.15) is 18.1 Å². The Morgan fingerprint density at radius 2 is 1.78 bits per heavy atom. The van der Waals surface area contributed by atoms with Crippen LogP contribution in [-0.2, 0) is 42.3 Å². The summed E-state index contributed by atoms with van der Waals surface area (Å²) in [7, 11) is -8.61. The van der Waals surface area contributed by atoms with Gasteiger partial charge < -0.3 is 30.6 Å². The predicted octanol–water partition coefficient (Wildman–Crippen LogP) is -1.99. The number of aromatic nitrogens is 8. The van der Waals surface area contributed by atoms with E-state index in [-0.39, 0.29) is 34.1 Å². The van der Waals surface area contributed by atoms with Crippen LogP contribution in [0.25, 0.3) is 22.3 Å². The number of nitrogens with two attached hydrogens (primary N) is 2. The first-order chi connectivity index (χ1) is 21.9. The number of anilines is 2. The van der Waals surface area contributed by atoms with E-state index in [1.807, 2.05) is 0 Å². The Labute approximate surface area is 256 Å². The number of fused-ring (bicyclic) bond motifs is 5. The van der Waals surface area contributed by atoms with Gasteiger partial charge in [-0.1, -0.05) is 0 Å². The molecule has 9 unspecified atom stereocenters. The first-order valence-electron chi connectivity index (χ1n) is 13.3. The number of rotatable bonds is 3. The molecule has 7 heterocycles. The van der Waals surface area contributed by atoms with Gasteiger partial charge in [-0.15, -0.1) is 0 Å². The van der Waals surface area contributed by atoms with Crippen LogP contribution in [0.5, 0.6) is 0 Å². The largest absolute Gasteiger partial charge is 0.472 e. The van der Waals surface area contributed by atoms with Gasteiger partial charge in [0.15, 0.2) is 47.4 Å². The van der Waals surface area contributed by atoms with Gasteiger partial charge in [0.25, 0.3) is 5.56 Å². The molecule has 7 rings (SSSR count). The maximum Gasteiger partial charge on any atom is 0.472 e. The molecule has 3 saturated heterocycles. The summed E-state index contributed by atoms with van der Waals surface area (Å²) in [6.07, 6.45) is -9.05. The lowest BCUT2D eigenvalue weighted by molar-refractivity contribution is -0.0572. The predicted molar refractivity (Wildman–Crippen MR) is 148 cm³/mol. The molecule has 0 amide bonds. The van der Waals surface area contributed by atoms with Crippen molar-refractivity contribution < 1.29 is 49.7 Å². The summed E-state index contributed by atoms with van der Waals surface area (Å²) in [5, 5.41) is 0. The van der Waals surface area contributed by atoms with Crippen LogP contribution in [0.1, 0.15) is 12.5 Å². The number of phosphoric acid groups is 1. The first kappa shape index (κ1) is 30.9. The molecule has 0 radical (unpaired) electrons. The molecule has 0 saturated carbocycles. The summed E-state index contributed by atoms with van der Waals surface area (Å²) in [4.78, 5) is 45.3. The van der Waals surface area contributed by atoms with Crippen LogP contribution in [0.3, 0.4) is 0 Å². The second-order valence-electron chi connectivity index (χ2n) is 10.3. The number of nitrogen functional groups attached to an aromatic ring is 2. The van der Waals surface area contributed by atoms with E-state index in [9.17, 15) is 22.7 Å². The lowest BCUT2D eigenvalue weighted by Gasteiger charge is -2.24. The number of phosphoric ester groups is 1. The van der Waals surface area contributed by atoms with E-state index < -0.39 is 86.0 Å². The normalized spacial score (nSPS) is 35.0. The molecule has 0 aliphatic carbocycles. The molecule has 46 heavy (non-hydrogen) atoms. The van der Waals surface area contributed by atoms with E-state index in [1.165, 1.54) is 18.0 Å². The Morgan fingerprint density at radius 1 is 1.07 bits per heavy atom. The Kier molecular flexibility index (Phi) is 7.54. The maximum atomic E-state index is 16.0. The van der Waals surface area contributed by atoms with E-state index in [4.69, 9.17) is 38.9 Å². The highest BCUT2D eigenvalue weighted by Gasteiger charge is 2.54. The minimum Gasteiger partial charge on any atom is -0.382 e. The SMILES string of the molecule is COC1C2COP(=O)(O)OC3C(CNS(=O)(=O)OC1C(n1cnc4c(=O)[nH]c(N)nc41)O2)OC(n1cnc2c(N)ncnc21)C3F. The van der Waals surface area contributed by atoms with Crippen molar-refractivity contribution in [2.45, 2.75) is 49.1 Å². The number of methoxy groups -OCH3 is 1. The third-order valence-electron chi connectivity index (χ3n) is 7.57. The molecule has 4 aromatic rings. The van der Waals surface area contributed by atoms with Crippen LogP contribution in [-0.4, -0.2) is 109 Å². The van der Waals surface area contributed by atoms with Crippen LogP contribution in [0.2, 0.25) is 0 Å². The number of imidazole rings is 2. The lowest BCUT2D eigenvalue weighted by atomic mass is 10.1. The molecule has 25 heteroatoms. The summed E-state index contributed by atoms with van der Waals surface area (Å²) in [6, 6.07) is 0. The molecule has 7 N–H and O–H groups in total. The van der Waals surface area contributed by atoms with E-state index in [0.29, 0.717) is 0 Å². The number of nitrogens with one attached hydrogen (secondary N) is 2. The number of alkyl halides is 1. The van der Waals surface area contributed by atoms with E-state index >= 15 is 4.39 Å². The zero-order valence-electron chi connectivity index (χ0n) is 23.3. The number of halogens is 1. The van der Waals surface area contributed by atoms with Gasteiger partial charge >= 0.3 is 18.1 Å². The van der Waals surface area contributed by atoms with Crippen molar-refractivity contribution in [1.29, 1.82) is 0 Å². The molecule has 3 aliphatic rings. The fourth-order valence-corrected chi connectivity index (χ4v) is 7.45. The number of aromatic amines is 1. The smallest absolute Gasteiger partial charge is 0.382 e. The van der Waals surface area contributed by atoms with Gasteiger partial charge in [-0.05, 0) is 0 Å². The van der Waals surface area contributed by atoms with Gasteiger partial charge in [0.1, 0.15) is 36.3 Å². The number of ether oxygens (including phenoxy) is 3. The van der Waals surface area contributed by atoms with Gasteiger partial charge in [0, 0.05) is 13.7 Å². The van der Waals surface area contributed by atoms with Crippen molar-refractivity contribution >= 4 is 52.2 Å². The Balaban J connectivity index is 1.22. The molecule has 0 aromatic carbocycles. The zero-order valence-corrected chi connectivity index (χ0v) is 25.0. The van der Waals surface area contributed by atoms with Gasteiger partial charge in [-0.3, -0.25) is 28.0 Å². The molecule has 4 aromatic heterocycles. The van der Waals surface area contributed by atoms with Crippen LogP contribution in [0, 0.1) is 0 Å². The van der Waals surface area contributed by atoms with Crippen LogP contribution in [0.15, 0.2) is 23.8 Å². The second kappa shape index (κ2) is 11.2. The summed E-state index contributed by atoms with van der Waals surface area (Å²) in [6.45, 7) is -1.42. The third-order valence-corrected chi connectivity index (χ3v) is 9.55. The average Bonchev–Trinajstić information content (AvgIpc) is 3.75. The average molecular weight is 690 g/mol. The molecular formula is C21H25FN11O11PS. The second-order valence-corrected chi connectivity index (χ2v) is 13.1. The van der Waals surface area contributed by atoms with Crippen molar-refractivity contribution in [1.82, 2.24) is 43.8 Å². The van der Waals surface area contributed by atoms with E-state index in [2.05, 4.69) is 34.6 Å². The quantitative estimate of drug-likeness (QED) is 0.145. The van der Waals surface area contributed by atoms with Gasteiger partial charge in [0.2, 0.25) is 5.95 Å². The molecular weight excluding hydrogens is 664 g/mol. The number of hydrogen-bond acceptors (Lipinski definition) is 17. The van der Waals surface area contributed by atoms with Gasteiger partial charge in [-0.25, -0.2) is 33.1 Å². The molecule has 3 aliphatic heterocycles. The summed E-state index contributed by atoms with van der Waals surface area (Å²) < 4.78 is 93.3. The van der Waals surface area contributed by atoms with E-state index in [1.54, 1.807) is 0 Å². The molecule has 0 spiro atoms. The fourth-order valence-electron chi connectivity index (χ4n) is 5.56. The van der Waals surface area contributed by atoms with Crippen LogP contribution < -0.4 is 21.7 Å². The van der Waals surface area contributed by atoms with Crippen molar-refractivity contribution in [2.24, 2.45) is 0 Å².